The zero-order valence-electron chi connectivity index (χ0n) is 20.9. The van der Waals surface area contributed by atoms with E-state index in [1.807, 2.05) is 23.1 Å². The first-order valence-corrected chi connectivity index (χ1v) is 14.0. The molecule has 0 saturated heterocycles. The maximum Gasteiger partial charge on any atom is 0.262 e. The summed E-state index contributed by atoms with van der Waals surface area (Å²) < 4.78 is 3.78. The molecule has 2 aromatic carbocycles. The van der Waals surface area contributed by atoms with Crippen molar-refractivity contribution in [2.45, 2.75) is 52.0 Å². The van der Waals surface area contributed by atoms with E-state index in [0.717, 1.165) is 25.9 Å². The highest BCUT2D eigenvalue weighted by Crippen LogP contribution is 2.45. The molecular formula is C30H33IN2S2. The van der Waals surface area contributed by atoms with Gasteiger partial charge in [-0.3, -0.25) is 0 Å². The average Bonchev–Trinajstić information content (AvgIpc) is 3.40. The second-order valence-electron chi connectivity index (χ2n) is 9.16. The minimum atomic E-state index is 0. The standard InChI is InChI=1S/C30H33N2S2.HI/c1-5-31-25-11-7-9-13-27(25)33-29(31)17-15-23-19-21(3)20-24(22(23)4)16-18-30-32(6-2)26-12-8-10-14-28(26)34-30;/h7-18,21H,5-6,19-20H2,1-4H3;1H/q+1;/p-1. The normalized spacial score (nSPS) is 20.3. The summed E-state index contributed by atoms with van der Waals surface area (Å²) in [6.45, 7) is 11.1. The predicted molar refractivity (Wildman–Crippen MR) is 149 cm³/mol. The zero-order chi connectivity index (χ0) is 23.7. The van der Waals surface area contributed by atoms with Crippen molar-refractivity contribution in [2.24, 2.45) is 5.92 Å². The van der Waals surface area contributed by atoms with Crippen LogP contribution in [0.25, 0.3) is 16.3 Å². The van der Waals surface area contributed by atoms with Gasteiger partial charge in [0, 0.05) is 23.6 Å². The Morgan fingerprint density at radius 3 is 2.57 bits per heavy atom. The number of fused-ring (bicyclic) bond motifs is 2. The molecule has 3 aromatic rings. The molecule has 0 bridgehead atoms. The highest BCUT2D eigenvalue weighted by Gasteiger charge is 2.24. The number of benzene rings is 2. The van der Waals surface area contributed by atoms with Gasteiger partial charge in [0.15, 0.2) is 0 Å². The van der Waals surface area contributed by atoms with E-state index in [4.69, 9.17) is 0 Å². The van der Waals surface area contributed by atoms with E-state index in [1.54, 1.807) is 0 Å². The SMILES string of the molecule is CCN1/C(=C/C=C2\CC(C)CC(/C=C/c3sc4ccccc4[n+]3CC)=C2C)Sc2ccccc21.[I-]. The number of allylic oxidation sites excluding steroid dienone is 6. The maximum atomic E-state index is 2.42. The van der Waals surface area contributed by atoms with Crippen LogP contribution >= 0.6 is 23.1 Å². The number of thiazole rings is 1. The first-order chi connectivity index (χ1) is 16.6. The van der Waals surface area contributed by atoms with E-state index in [2.05, 4.69) is 110 Å². The van der Waals surface area contributed by atoms with Crippen molar-refractivity contribution >= 4 is 45.1 Å². The number of aromatic nitrogens is 1. The molecule has 2 aliphatic rings. The number of nitrogens with zero attached hydrogens (tertiary/aromatic N) is 2. The lowest BCUT2D eigenvalue weighted by Crippen LogP contribution is -3.00. The summed E-state index contributed by atoms with van der Waals surface area (Å²) in [7, 11) is 0. The van der Waals surface area contributed by atoms with Crippen LogP contribution in [0.4, 0.5) is 5.69 Å². The molecule has 1 aromatic heterocycles. The number of thioether (sulfide) groups is 1. The number of anilines is 1. The molecule has 0 N–H and O–H groups in total. The van der Waals surface area contributed by atoms with Crippen molar-refractivity contribution in [1.82, 2.24) is 0 Å². The van der Waals surface area contributed by atoms with Crippen molar-refractivity contribution in [2.75, 3.05) is 11.4 Å². The molecular weight excluding hydrogens is 579 g/mol. The Labute approximate surface area is 235 Å². The molecule has 0 radical (unpaired) electrons. The largest absolute Gasteiger partial charge is 1.00 e. The smallest absolute Gasteiger partial charge is 0.262 e. The van der Waals surface area contributed by atoms with Crippen molar-refractivity contribution in [3.63, 3.8) is 0 Å². The summed E-state index contributed by atoms with van der Waals surface area (Å²) in [4.78, 5) is 3.78. The monoisotopic (exact) mass is 612 g/mol. The summed E-state index contributed by atoms with van der Waals surface area (Å²) >= 11 is 3.77. The van der Waals surface area contributed by atoms with Gasteiger partial charge in [0.25, 0.3) is 5.01 Å². The fraction of sp³-hybridized carbons (Fsp3) is 0.300. The highest BCUT2D eigenvalue weighted by molar-refractivity contribution is 8.03. The molecule has 35 heavy (non-hydrogen) atoms. The third kappa shape index (κ3) is 5.32. The Hall–Kier alpha value is -1.83. The van der Waals surface area contributed by atoms with E-state index < -0.39 is 0 Å². The van der Waals surface area contributed by atoms with Crippen LogP contribution in [-0.2, 0) is 6.54 Å². The predicted octanol–water partition coefficient (Wildman–Crippen LogP) is 5.37. The van der Waals surface area contributed by atoms with E-state index >= 15 is 0 Å². The van der Waals surface area contributed by atoms with Crippen LogP contribution in [-0.4, -0.2) is 6.54 Å². The van der Waals surface area contributed by atoms with Crippen molar-refractivity contribution in [3.05, 3.63) is 93.5 Å². The second-order valence-corrected chi connectivity index (χ2v) is 11.3. The molecule has 182 valence electrons. The van der Waals surface area contributed by atoms with Crippen molar-refractivity contribution in [1.29, 1.82) is 0 Å². The van der Waals surface area contributed by atoms with Gasteiger partial charge in [-0.2, -0.15) is 4.57 Å². The Morgan fingerprint density at radius 2 is 1.77 bits per heavy atom. The zero-order valence-corrected chi connectivity index (χ0v) is 24.7. The molecule has 1 aliphatic carbocycles. The summed E-state index contributed by atoms with van der Waals surface area (Å²) in [6.07, 6.45) is 11.7. The average molecular weight is 613 g/mol. The molecule has 5 heteroatoms. The molecule has 1 aliphatic heterocycles. The quantitative estimate of drug-likeness (QED) is 0.283. The molecule has 0 fully saturated rings. The molecule has 2 heterocycles. The Bertz CT molecular complexity index is 1350. The van der Waals surface area contributed by atoms with Crippen LogP contribution in [0.2, 0.25) is 0 Å². The Morgan fingerprint density at radius 1 is 1.00 bits per heavy atom. The molecule has 2 nitrogen and oxygen atoms in total. The van der Waals surface area contributed by atoms with Gasteiger partial charge in [-0.05, 0) is 80.5 Å². The lowest BCUT2D eigenvalue weighted by molar-refractivity contribution is -0.665. The van der Waals surface area contributed by atoms with Gasteiger partial charge in [0.1, 0.15) is 11.2 Å². The van der Waals surface area contributed by atoms with Crippen LogP contribution in [0.15, 0.2) is 93.4 Å². The summed E-state index contributed by atoms with van der Waals surface area (Å²) in [6, 6.07) is 17.4. The lowest BCUT2D eigenvalue weighted by atomic mass is 9.81. The number of aryl methyl sites for hydroxylation is 1. The highest BCUT2D eigenvalue weighted by atomic mass is 127. The van der Waals surface area contributed by atoms with E-state index in [0.29, 0.717) is 5.92 Å². The number of halogens is 1. The van der Waals surface area contributed by atoms with Crippen molar-refractivity contribution in [3.8, 4) is 0 Å². The maximum absolute atomic E-state index is 2.42. The van der Waals surface area contributed by atoms with Gasteiger partial charge in [0.2, 0.25) is 5.52 Å². The van der Waals surface area contributed by atoms with Crippen LogP contribution < -0.4 is 33.4 Å². The number of rotatable bonds is 5. The molecule has 0 saturated carbocycles. The fourth-order valence-electron chi connectivity index (χ4n) is 5.07. The van der Waals surface area contributed by atoms with Gasteiger partial charge in [-0.1, -0.05) is 66.4 Å². The van der Waals surface area contributed by atoms with Crippen LogP contribution in [0.5, 0.6) is 0 Å². The van der Waals surface area contributed by atoms with E-state index in [-0.39, 0.29) is 24.0 Å². The molecule has 1 atom stereocenters. The van der Waals surface area contributed by atoms with Gasteiger partial charge in [0.05, 0.1) is 10.7 Å². The summed E-state index contributed by atoms with van der Waals surface area (Å²) in [5.74, 6) is 0.657. The van der Waals surface area contributed by atoms with Gasteiger partial charge < -0.3 is 28.9 Å². The van der Waals surface area contributed by atoms with Gasteiger partial charge in [-0.25, -0.2) is 0 Å². The Kier molecular flexibility index (Phi) is 8.61. The number of hydrogen-bond acceptors (Lipinski definition) is 3. The minimum Gasteiger partial charge on any atom is -1.00 e. The molecule has 1 unspecified atom stereocenters. The van der Waals surface area contributed by atoms with E-state index in [9.17, 15) is 0 Å². The first kappa shape index (κ1) is 26.2. The minimum absolute atomic E-state index is 0. The van der Waals surface area contributed by atoms with Crippen LogP contribution in [0.3, 0.4) is 0 Å². The first-order valence-electron chi connectivity index (χ1n) is 12.3. The molecule has 0 spiro atoms. The Balaban J connectivity index is 0.00000289. The van der Waals surface area contributed by atoms with Crippen LogP contribution in [0.1, 0.15) is 45.5 Å². The number of para-hydroxylation sites is 2. The third-order valence-corrected chi connectivity index (χ3v) is 9.12. The molecule has 5 rings (SSSR count). The topological polar surface area (TPSA) is 7.12 Å². The van der Waals surface area contributed by atoms with Gasteiger partial charge >= 0.3 is 0 Å². The van der Waals surface area contributed by atoms with Gasteiger partial charge in [-0.15, -0.1) is 0 Å². The fourth-order valence-corrected chi connectivity index (χ4v) is 7.33. The van der Waals surface area contributed by atoms with Crippen molar-refractivity contribution < 1.29 is 28.5 Å². The van der Waals surface area contributed by atoms with E-state index in [1.165, 1.54) is 47.6 Å². The third-order valence-electron chi connectivity index (χ3n) is 6.86. The van der Waals surface area contributed by atoms with Crippen LogP contribution in [0, 0.1) is 5.92 Å². The number of hydrogen-bond donors (Lipinski definition) is 0. The summed E-state index contributed by atoms with van der Waals surface area (Å²) in [5.41, 5.74) is 7.05. The summed E-state index contributed by atoms with van der Waals surface area (Å²) in [5, 5.41) is 2.65. The molecule has 0 amide bonds. The second kappa shape index (κ2) is 11.5. The lowest BCUT2D eigenvalue weighted by Gasteiger charge is -2.24.